The van der Waals surface area contributed by atoms with Gasteiger partial charge < -0.3 is 4.90 Å². The summed E-state index contributed by atoms with van der Waals surface area (Å²) in [5.41, 5.74) is 0.840. The molecule has 1 fully saturated rings. The molecule has 1 rings (SSSR count). The molecule has 1 aliphatic heterocycles. The summed E-state index contributed by atoms with van der Waals surface area (Å²) >= 11 is 0. The van der Waals surface area contributed by atoms with Gasteiger partial charge in [-0.2, -0.15) is 0 Å². The number of piperazine rings is 1. The van der Waals surface area contributed by atoms with E-state index in [2.05, 4.69) is 58.3 Å². The van der Waals surface area contributed by atoms with Crippen molar-refractivity contribution in [1.29, 1.82) is 0 Å². The van der Waals surface area contributed by atoms with Gasteiger partial charge in [-0.3, -0.25) is 4.90 Å². The van der Waals surface area contributed by atoms with Gasteiger partial charge in [0.15, 0.2) is 0 Å². The molecule has 0 aromatic heterocycles. The molecule has 0 bridgehead atoms. The van der Waals surface area contributed by atoms with Crippen molar-refractivity contribution in [3.05, 3.63) is 0 Å². The summed E-state index contributed by atoms with van der Waals surface area (Å²) in [5.74, 6) is 0. The van der Waals surface area contributed by atoms with E-state index in [1.165, 1.54) is 32.7 Å². The van der Waals surface area contributed by atoms with Crippen LogP contribution in [0.5, 0.6) is 0 Å². The molecule has 0 aliphatic carbocycles. The summed E-state index contributed by atoms with van der Waals surface area (Å²) in [5, 5.41) is 0. The summed E-state index contributed by atoms with van der Waals surface area (Å²) in [6.07, 6.45) is 0. The van der Waals surface area contributed by atoms with Crippen LogP contribution in [0.1, 0.15) is 48.5 Å². The molecule has 1 heterocycles. The Balaban J connectivity index is 2.45. The summed E-state index contributed by atoms with van der Waals surface area (Å²) < 4.78 is 0. The Hall–Kier alpha value is -0.0800. The van der Waals surface area contributed by atoms with Crippen LogP contribution in [0, 0.1) is 10.8 Å². The molecule has 0 N–H and O–H groups in total. The molecule has 0 aromatic carbocycles. The smallest absolute Gasteiger partial charge is 0.0195 e. The van der Waals surface area contributed by atoms with Crippen molar-refractivity contribution < 1.29 is 0 Å². The molecule has 0 spiro atoms. The van der Waals surface area contributed by atoms with Crippen LogP contribution in [0.15, 0.2) is 0 Å². The standard InChI is InChI=1S/C15H32N2/c1-13-10-16(11-14(2,3)4)8-9-17(13)12-15(5,6)7/h13H,8-12H2,1-7H3. The highest BCUT2D eigenvalue weighted by molar-refractivity contribution is 4.83. The van der Waals surface area contributed by atoms with Gasteiger partial charge in [0.1, 0.15) is 0 Å². The molecule has 0 aromatic rings. The van der Waals surface area contributed by atoms with Gasteiger partial charge in [-0.05, 0) is 17.8 Å². The fourth-order valence-corrected chi connectivity index (χ4v) is 2.73. The lowest BCUT2D eigenvalue weighted by atomic mass is 9.93. The lowest BCUT2D eigenvalue weighted by molar-refractivity contribution is 0.0424. The number of hydrogen-bond donors (Lipinski definition) is 0. The first-order valence-electron chi connectivity index (χ1n) is 7.03. The predicted molar refractivity (Wildman–Crippen MR) is 76.4 cm³/mol. The molecular formula is C15H32N2. The zero-order chi connectivity index (χ0) is 13.3. The van der Waals surface area contributed by atoms with E-state index in [9.17, 15) is 0 Å². The Kier molecular flexibility index (Phi) is 4.65. The van der Waals surface area contributed by atoms with E-state index in [-0.39, 0.29) is 0 Å². The quantitative estimate of drug-likeness (QED) is 0.732. The van der Waals surface area contributed by atoms with Crippen LogP contribution in [0.2, 0.25) is 0 Å². The van der Waals surface area contributed by atoms with Gasteiger partial charge in [-0.1, -0.05) is 41.5 Å². The predicted octanol–water partition coefficient (Wildman–Crippen LogP) is 3.08. The zero-order valence-corrected chi connectivity index (χ0v) is 13.0. The highest BCUT2D eigenvalue weighted by atomic mass is 15.3. The molecule has 17 heavy (non-hydrogen) atoms. The van der Waals surface area contributed by atoms with Crippen molar-refractivity contribution in [1.82, 2.24) is 9.80 Å². The van der Waals surface area contributed by atoms with Gasteiger partial charge in [0.05, 0.1) is 0 Å². The topological polar surface area (TPSA) is 6.48 Å². The van der Waals surface area contributed by atoms with Gasteiger partial charge in [-0.15, -0.1) is 0 Å². The second-order valence-corrected chi connectivity index (χ2v) is 8.18. The van der Waals surface area contributed by atoms with E-state index in [0.717, 1.165) is 0 Å². The van der Waals surface area contributed by atoms with E-state index in [0.29, 0.717) is 16.9 Å². The van der Waals surface area contributed by atoms with Gasteiger partial charge in [0.2, 0.25) is 0 Å². The first-order chi connectivity index (χ1) is 7.57. The van der Waals surface area contributed by atoms with Crippen molar-refractivity contribution in [2.75, 3.05) is 32.7 Å². The van der Waals surface area contributed by atoms with Crippen molar-refractivity contribution in [2.45, 2.75) is 54.5 Å². The molecule has 0 radical (unpaired) electrons. The lowest BCUT2D eigenvalue weighted by Crippen LogP contribution is -2.55. The normalized spacial score (nSPS) is 25.2. The van der Waals surface area contributed by atoms with Gasteiger partial charge in [-0.25, -0.2) is 0 Å². The van der Waals surface area contributed by atoms with Crippen molar-refractivity contribution >= 4 is 0 Å². The minimum absolute atomic E-state index is 0.417. The first kappa shape index (κ1) is 15.0. The Morgan fingerprint density at radius 1 is 0.882 bits per heavy atom. The van der Waals surface area contributed by atoms with Crippen molar-refractivity contribution in [3.63, 3.8) is 0 Å². The first-order valence-corrected chi connectivity index (χ1v) is 7.03. The van der Waals surface area contributed by atoms with E-state index in [1.54, 1.807) is 0 Å². The largest absolute Gasteiger partial charge is 0.300 e. The maximum atomic E-state index is 2.65. The molecule has 0 saturated carbocycles. The van der Waals surface area contributed by atoms with Crippen LogP contribution in [0.25, 0.3) is 0 Å². The Morgan fingerprint density at radius 3 is 1.82 bits per heavy atom. The van der Waals surface area contributed by atoms with Crippen LogP contribution >= 0.6 is 0 Å². The Morgan fingerprint density at radius 2 is 1.41 bits per heavy atom. The molecule has 102 valence electrons. The molecule has 2 nitrogen and oxygen atoms in total. The van der Waals surface area contributed by atoms with Crippen LogP contribution in [0.4, 0.5) is 0 Å². The van der Waals surface area contributed by atoms with Gasteiger partial charge in [0.25, 0.3) is 0 Å². The monoisotopic (exact) mass is 240 g/mol. The second-order valence-electron chi connectivity index (χ2n) is 8.18. The summed E-state index contributed by atoms with van der Waals surface area (Å²) in [6, 6.07) is 0.699. The minimum Gasteiger partial charge on any atom is -0.300 e. The van der Waals surface area contributed by atoms with Gasteiger partial charge in [0, 0.05) is 38.8 Å². The zero-order valence-electron chi connectivity index (χ0n) is 13.0. The maximum Gasteiger partial charge on any atom is 0.0195 e. The van der Waals surface area contributed by atoms with E-state index in [1.807, 2.05) is 0 Å². The maximum absolute atomic E-state index is 2.65. The Labute approximate surface area is 108 Å². The SMILES string of the molecule is CC1CN(CC(C)(C)C)CCN1CC(C)(C)C. The lowest BCUT2D eigenvalue weighted by Gasteiger charge is -2.44. The van der Waals surface area contributed by atoms with Crippen molar-refractivity contribution in [3.8, 4) is 0 Å². The minimum atomic E-state index is 0.417. The van der Waals surface area contributed by atoms with Crippen LogP contribution in [-0.2, 0) is 0 Å². The molecular weight excluding hydrogens is 208 g/mol. The third-order valence-corrected chi connectivity index (χ3v) is 3.22. The summed E-state index contributed by atoms with van der Waals surface area (Å²) in [4.78, 5) is 5.28. The molecule has 0 amide bonds. The summed E-state index contributed by atoms with van der Waals surface area (Å²) in [7, 11) is 0. The molecule has 1 aliphatic rings. The summed E-state index contributed by atoms with van der Waals surface area (Å²) in [6.45, 7) is 22.5. The van der Waals surface area contributed by atoms with Crippen LogP contribution in [-0.4, -0.2) is 48.6 Å². The fraction of sp³-hybridized carbons (Fsp3) is 1.00. The highest BCUT2D eigenvalue weighted by Crippen LogP contribution is 2.22. The number of hydrogen-bond acceptors (Lipinski definition) is 2. The van der Waals surface area contributed by atoms with E-state index in [4.69, 9.17) is 0 Å². The third-order valence-electron chi connectivity index (χ3n) is 3.22. The second kappa shape index (κ2) is 5.27. The highest BCUT2D eigenvalue weighted by Gasteiger charge is 2.28. The van der Waals surface area contributed by atoms with Crippen LogP contribution in [0.3, 0.4) is 0 Å². The third kappa shape index (κ3) is 5.87. The molecule has 2 heteroatoms. The van der Waals surface area contributed by atoms with Gasteiger partial charge >= 0.3 is 0 Å². The van der Waals surface area contributed by atoms with Crippen molar-refractivity contribution in [2.24, 2.45) is 10.8 Å². The molecule has 1 unspecified atom stereocenters. The average molecular weight is 240 g/mol. The Bertz CT molecular complexity index is 234. The fourth-order valence-electron chi connectivity index (χ4n) is 2.73. The average Bonchev–Trinajstić information content (AvgIpc) is 2.05. The van der Waals surface area contributed by atoms with Crippen LogP contribution < -0.4 is 0 Å². The molecule has 1 saturated heterocycles. The number of rotatable bonds is 2. The van der Waals surface area contributed by atoms with E-state index >= 15 is 0 Å². The molecule has 1 atom stereocenters. The number of nitrogens with zero attached hydrogens (tertiary/aromatic N) is 2. The van der Waals surface area contributed by atoms with E-state index < -0.39 is 0 Å².